The maximum atomic E-state index is 2.56. The summed E-state index contributed by atoms with van der Waals surface area (Å²) >= 11 is 0. The van der Waals surface area contributed by atoms with Crippen LogP contribution in [-0.4, -0.2) is 0 Å². The van der Waals surface area contributed by atoms with Gasteiger partial charge in [0.15, 0.2) is 0 Å². The van der Waals surface area contributed by atoms with Gasteiger partial charge in [-0.1, -0.05) is 30.6 Å². The molecule has 0 heteroatoms. The van der Waals surface area contributed by atoms with Crippen LogP contribution in [-0.2, 0) is 0 Å². The second-order valence-corrected chi connectivity index (χ2v) is 7.55. The molecular formula is C18H24. The maximum Gasteiger partial charge on any atom is -0.0159 e. The van der Waals surface area contributed by atoms with Gasteiger partial charge in [0.1, 0.15) is 0 Å². The van der Waals surface area contributed by atoms with E-state index >= 15 is 0 Å². The Balaban J connectivity index is 1.64. The smallest absolute Gasteiger partial charge is 0.0159 e. The van der Waals surface area contributed by atoms with Gasteiger partial charge in [-0.25, -0.2) is 0 Å². The molecular weight excluding hydrogens is 216 g/mol. The Morgan fingerprint density at radius 1 is 0.833 bits per heavy atom. The third-order valence-electron chi connectivity index (χ3n) is 6.67. The van der Waals surface area contributed by atoms with E-state index in [0.29, 0.717) is 0 Å². The van der Waals surface area contributed by atoms with Crippen molar-refractivity contribution >= 4 is 0 Å². The van der Waals surface area contributed by atoms with Gasteiger partial charge in [0.2, 0.25) is 0 Å². The number of rotatable bonds is 0. The molecule has 0 N–H and O–H groups in total. The summed E-state index contributed by atoms with van der Waals surface area (Å²) in [7, 11) is 0. The van der Waals surface area contributed by atoms with Gasteiger partial charge in [-0.2, -0.15) is 0 Å². The molecule has 5 aliphatic carbocycles. The van der Waals surface area contributed by atoms with E-state index in [1.165, 1.54) is 44.4 Å². The topological polar surface area (TPSA) is 0 Å². The van der Waals surface area contributed by atoms with Gasteiger partial charge in [-0.05, 0) is 79.6 Å². The molecule has 0 nitrogen and oxygen atoms in total. The fourth-order valence-corrected chi connectivity index (χ4v) is 5.73. The molecule has 0 saturated heterocycles. The first-order valence-corrected chi connectivity index (χ1v) is 8.34. The molecule has 3 fully saturated rings. The third kappa shape index (κ3) is 1.33. The van der Waals surface area contributed by atoms with Crippen LogP contribution in [0.4, 0.5) is 0 Å². The SMILES string of the molecule is C1=C/C2=C3\C4CC4C4CC4C3CCCCC2CC1. The Morgan fingerprint density at radius 3 is 2.72 bits per heavy atom. The van der Waals surface area contributed by atoms with Gasteiger partial charge in [0.25, 0.3) is 0 Å². The zero-order chi connectivity index (χ0) is 11.7. The lowest BCUT2D eigenvalue weighted by atomic mass is 9.71. The molecule has 0 radical (unpaired) electrons. The predicted molar refractivity (Wildman–Crippen MR) is 74.0 cm³/mol. The van der Waals surface area contributed by atoms with E-state index in [4.69, 9.17) is 0 Å². The second-order valence-electron chi connectivity index (χ2n) is 7.55. The minimum atomic E-state index is 0.948. The lowest BCUT2D eigenvalue weighted by molar-refractivity contribution is 0.344. The van der Waals surface area contributed by atoms with Crippen molar-refractivity contribution < 1.29 is 0 Å². The Hall–Kier alpha value is -0.520. The zero-order valence-corrected chi connectivity index (χ0v) is 11.3. The minimum absolute atomic E-state index is 0.948. The number of allylic oxidation sites excluding steroid dienone is 4. The Kier molecular flexibility index (Phi) is 2.01. The highest BCUT2D eigenvalue weighted by atomic mass is 14.7. The number of hydrogen-bond acceptors (Lipinski definition) is 0. The Morgan fingerprint density at radius 2 is 1.72 bits per heavy atom. The van der Waals surface area contributed by atoms with Crippen LogP contribution < -0.4 is 0 Å². The Bertz CT molecular complexity index is 441. The van der Waals surface area contributed by atoms with Gasteiger partial charge in [-0.3, -0.25) is 0 Å². The Labute approximate surface area is 111 Å². The largest absolute Gasteiger partial charge is 0.0842 e. The molecule has 3 saturated carbocycles. The van der Waals surface area contributed by atoms with E-state index in [2.05, 4.69) is 12.2 Å². The predicted octanol–water partition coefficient (Wildman–Crippen LogP) is 4.73. The van der Waals surface area contributed by atoms with Crippen molar-refractivity contribution in [1.82, 2.24) is 0 Å². The van der Waals surface area contributed by atoms with Gasteiger partial charge in [0.05, 0.1) is 0 Å². The first-order valence-electron chi connectivity index (χ1n) is 8.34. The molecule has 6 unspecified atom stereocenters. The highest BCUT2D eigenvalue weighted by Gasteiger charge is 2.63. The van der Waals surface area contributed by atoms with Crippen molar-refractivity contribution in [2.24, 2.45) is 35.5 Å². The van der Waals surface area contributed by atoms with Crippen molar-refractivity contribution in [1.29, 1.82) is 0 Å². The summed E-state index contributed by atoms with van der Waals surface area (Å²) in [6.07, 6.45) is 17.0. The molecule has 0 spiro atoms. The number of fused-ring (bicyclic) bond motifs is 7. The van der Waals surface area contributed by atoms with Crippen LogP contribution in [0.15, 0.2) is 23.3 Å². The lowest BCUT2D eigenvalue weighted by Gasteiger charge is -2.34. The average Bonchev–Trinajstić information content (AvgIpc) is 3.22. The monoisotopic (exact) mass is 240 g/mol. The average molecular weight is 240 g/mol. The second kappa shape index (κ2) is 3.52. The van der Waals surface area contributed by atoms with Crippen molar-refractivity contribution in [3.05, 3.63) is 23.3 Å². The lowest BCUT2D eigenvalue weighted by Crippen LogP contribution is -2.22. The fraction of sp³-hybridized carbons (Fsp3) is 0.778. The molecule has 18 heavy (non-hydrogen) atoms. The quantitative estimate of drug-likeness (QED) is 0.574. The van der Waals surface area contributed by atoms with Crippen LogP contribution in [0.25, 0.3) is 0 Å². The molecule has 0 heterocycles. The van der Waals surface area contributed by atoms with Crippen LogP contribution in [0, 0.1) is 35.5 Å². The van der Waals surface area contributed by atoms with Gasteiger partial charge in [-0.15, -0.1) is 0 Å². The van der Waals surface area contributed by atoms with Crippen LogP contribution in [0.5, 0.6) is 0 Å². The van der Waals surface area contributed by atoms with E-state index in [9.17, 15) is 0 Å². The van der Waals surface area contributed by atoms with Crippen LogP contribution in [0.1, 0.15) is 51.4 Å². The zero-order valence-electron chi connectivity index (χ0n) is 11.3. The third-order valence-corrected chi connectivity index (χ3v) is 6.67. The number of hydrogen-bond donors (Lipinski definition) is 0. The first-order chi connectivity index (χ1) is 8.93. The highest BCUT2D eigenvalue weighted by molar-refractivity contribution is 5.40. The van der Waals surface area contributed by atoms with Gasteiger partial charge < -0.3 is 0 Å². The highest BCUT2D eigenvalue weighted by Crippen LogP contribution is 2.71. The summed E-state index contributed by atoms with van der Waals surface area (Å²) in [6.45, 7) is 0. The van der Waals surface area contributed by atoms with Crippen molar-refractivity contribution in [2.75, 3.05) is 0 Å². The maximum absolute atomic E-state index is 2.56. The molecule has 0 aromatic rings. The minimum Gasteiger partial charge on any atom is -0.0842 e. The summed E-state index contributed by atoms with van der Waals surface area (Å²) in [5.41, 5.74) is 3.85. The molecule has 0 amide bonds. The molecule has 5 aliphatic rings. The first kappa shape index (κ1) is 10.3. The van der Waals surface area contributed by atoms with Crippen LogP contribution >= 0.6 is 0 Å². The van der Waals surface area contributed by atoms with Gasteiger partial charge in [0, 0.05) is 0 Å². The molecule has 0 bridgehead atoms. The normalized spacial score (nSPS) is 56.4. The summed E-state index contributed by atoms with van der Waals surface area (Å²) in [6, 6.07) is 0. The fourth-order valence-electron chi connectivity index (χ4n) is 5.73. The standard InChI is InChI=1S/C18H24/c1-3-7-12-11(5-1)6-2-4-8-13-14-9-15(14)16-10-17(16)18(12)13/h3,7,11,13-17H,1-2,4-6,8-10H2/b18-12+. The van der Waals surface area contributed by atoms with Crippen molar-refractivity contribution in [2.45, 2.75) is 51.4 Å². The summed E-state index contributed by atoms with van der Waals surface area (Å²) in [5, 5.41) is 0. The summed E-state index contributed by atoms with van der Waals surface area (Å²) in [5.74, 6) is 6.48. The van der Waals surface area contributed by atoms with Crippen LogP contribution in [0.3, 0.4) is 0 Å². The van der Waals surface area contributed by atoms with Crippen molar-refractivity contribution in [3.63, 3.8) is 0 Å². The van der Waals surface area contributed by atoms with E-state index in [1.54, 1.807) is 12.8 Å². The van der Waals surface area contributed by atoms with E-state index in [0.717, 1.165) is 29.6 Å². The molecule has 5 rings (SSSR count). The van der Waals surface area contributed by atoms with Crippen molar-refractivity contribution in [3.8, 4) is 0 Å². The molecule has 0 aromatic heterocycles. The summed E-state index contributed by atoms with van der Waals surface area (Å²) < 4.78 is 0. The van der Waals surface area contributed by atoms with Crippen LogP contribution in [0.2, 0.25) is 0 Å². The molecule has 0 aliphatic heterocycles. The molecule has 0 aromatic carbocycles. The van der Waals surface area contributed by atoms with Gasteiger partial charge >= 0.3 is 0 Å². The van der Waals surface area contributed by atoms with E-state index in [1.807, 2.05) is 11.1 Å². The molecule has 96 valence electrons. The van der Waals surface area contributed by atoms with E-state index in [-0.39, 0.29) is 0 Å². The van der Waals surface area contributed by atoms with E-state index < -0.39 is 0 Å². The summed E-state index contributed by atoms with van der Waals surface area (Å²) in [4.78, 5) is 0. The molecule has 6 atom stereocenters.